The fourth-order valence-corrected chi connectivity index (χ4v) is 4.16. The molecule has 0 unspecified atom stereocenters. The van der Waals surface area contributed by atoms with Gasteiger partial charge < -0.3 is 9.88 Å². The maximum atomic E-state index is 13.6. The van der Waals surface area contributed by atoms with Gasteiger partial charge in [-0.15, -0.1) is 0 Å². The van der Waals surface area contributed by atoms with Gasteiger partial charge in [0.05, 0.1) is 24.5 Å². The van der Waals surface area contributed by atoms with Crippen molar-refractivity contribution in [3.8, 4) is 6.07 Å². The molecule has 37 heavy (non-hydrogen) atoms. The van der Waals surface area contributed by atoms with Crippen molar-refractivity contribution in [1.82, 2.24) is 18.7 Å². The number of aromatic nitrogens is 4. The van der Waals surface area contributed by atoms with Crippen LogP contribution in [0.15, 0.2) is 101 Å². The third-order valence-corrected chi connectivity index (χ3v) is 5.96. The fraction of sp³-hybridized carbons (Fsp3) is 0.107. The van der Waals surface area contributed by atoms with Crippen LogP contribution in [0.4, 0.5) is 5.69 Å². The highest BCUT2D eigenvalue weighted by Crippen LogP contribution is 2.13. The quantitative estimate of drug-likeness (QED) is 0.377. The third-order valence-electron chi connectivity index (χ3n) is 5.96. The molecule has 0 saturated heterocycles. The Morgan fingerprint density at radius 1 is 0.838 bits per heavy atom. The van der Waals surface area contributed by atoms with Gasteiger partial charge in [-0.05, 0) is 35.4 Å². The van der Waals surface area contributed by atoms with E-state index in [4.69, 9.17) is 5.26 Å². The summed E-state index contributed by atoms with van der Waals surface area (Å²) in [4.78, 5) is 44.4. The monoisotopic (exact) mass is 490 g/mol. The van der Waals surface area contributed by atoms with Crippen LogP contribution in [-0.2, 0) is 24.4 Å². The molecule has 0 spiro atoms. The zero-order valence-corrected chi connectivity index (χ0v) is 19.7. The van der Waals surface area contributed by atoms with Crippen molar-refractivity contribution in [3.05, 3.63) is 129 Å². The summed E-state index contributed by atoms with van der Waals surface area (Å²) in [5.74, 6) is -0.538. The van der Waals surface area contributed by atoms with Crippen LogP contribution >= 0.6 is 0 Å². The number of hydrogen-bond acceptors (Lipinski definition) is 5. The first-order valence-electron chi connectivity index (χ1n) is 11.6. The van der Waals surface area contributed by atoms with Crippen LogP contribution in [0, 0.1) is 11.3 Å². The average molecular weight is 491 g/mol. The highest BCUT2D eigenvalue weighted by atomic mass is 16.2. The Labute approximate surface area is 211 Å². The number of fused-ring (bicyclic) bond motifs is 1. The SMILES string of the molecule is N#Cc1ccc(NC(=O)Cn2c(=O)c3c(ncn3Cc3ccccc3)n(Cc3ccccc3)c2=O)cc1. The molecule has 5 aromatic rings. The number of carbonyl (C=O) groups excluding carboxylic acids is 1. The second-order valence-electron chi connectivity index (χ2n) is 8.51. The summed E-state index contributed by atoms with van der Waals surface area (Å²) in [6.07, 6.45) is 1.54. The number of nitrogens with one attached hydrogen (secondary N) is 1. The highest BCUT2D eigenvalue weighted by molar-refractivity contribution is 5.90. The van der Waals surface area contributed by atoms with E-state index in [2.05, 4.69) is 10.3 Å². The molecule has 0 bridgehead atoms. The minimum atomic E-state index is -0.624. The maximum Gasteiger partial charge on any atom is 0.333 e. The minimum absolute atomic E-state index is 0.191. The van der Waals surface area contributed by atoms with Gasteiger partial charge in [-0.3, -0.25) is 14.2 Å². The molecule has 0 fully saturated rings. The van der Waals surface area contributed by atoms with Crippen LogP contribution < -0.4 is 16.6 Å². The second kappa shape index (κ2) is 10.2. The average Bonchev–Trinajstić information content (AvgIpc) is 3.34. The van der Waals surface area contributed by atoms with E-state index >= 15 is 0 Å². The number of imidazole rings is 1. The van der Waals surface area contributed by atoms with Gasteiger partial charge in [-0.1, -0.05) is 60.7 Å². The van der Waals surface area contributed by atoms with E-state index in [1.54, 1.807) is 35.2 Å². The van der Waals surface area contributed by atoms with E-state index in [9.17, 15) is 14.4 Å². The smallest absolute Gasteiger partial charge is 0.325 e. The Morgan fingerprint density at radius 2 is 1.46 bits per heavy atom. The zero-order chi connectivity index (χ0) is 25.8. The summed E-state index contributed by atoms with van der Waals surface area (Å²) in [6.45, 7) is 0.0997. The number of carbonyl (C=O) groups is 1. The van der Waals surface area contributed by atoms with Crippen molar-refractivity contribution in [2.45, 2.75) is 19.6 Å². The minimum Gasteiger partial charge on any atom is -0.325 e. The Kier molecular flexibility index (Phi) is 6.46. The molecule has 1 amide bonds. The number of benzene rings is 3. The normalized spacial score (nSPS) is 10.8. The first kappa shape index (κ1) is 23.5. The Balaban J connectivity index is 1.57. The zero-order valence-electron chi connectivity index (χ0n) is 19.7. The molecule has 5 rings (SSSR count). The van der Waals surface area contributed by atoms with Crippen molar-refractivity contribution in [3.63, 3.8) is 0 Å². The van der Waals surface area contributed by atoms with Crippen molar-refractivity contribution in [2.24, 2.45) is 0 Å². The lowest BCUT2D eigenvalue weighted by Crippen LogP contribution is -2.43. The molecular formula is C28H22N6O3. The van der Waals surface area contributed by atoms with Gasteiger partial charge in [0.15, 0.2) is 11.2 Å². The van der Waals surface area contributed by atoms with E-state index in [0.717, 1.165) is 15.7 Å². The van der Waals surface area contributed by atoms with Gasteiger partial charge in [0.2, 0.25) is 5.91 Å². The van der Waals surface area contributed by atoms with Gasteiger partial charge in [-0.25, -0.2) is 14.3 Å². The van der Waals surface area contributed by atoms with Crippen molar-refractivity contribution in [2.75, 3.05) is 5.32 Å². The summed E-state index contributed by atoms with van der Waals surface area (Å²) in [5.41, 5.74) is 2.02. The summed E-state index contributed by atoms with van der Waals surface area (Å²) in [5, 5.41) is 11.6. The lowest BCUT2D eigenvalue weighted by molar-refractivity contribution is -0.116. The highest BCUT2D eigenvalue weighted by Gasteiger charge is 2.20. The molecular weight excluding hydrogens is 468 g/mol. The van der Waals surface area contributed by atoms with Crippen LogP contribution in [-0.4, -0.2) is 24.6 Å². The number of nitriles is 1. The van der Waals surface area contributed by atoms with E-state index in [0.29, 0.717) is 17.8 Å². The number of anilines is 1. The lowest BCUT2D eigenvalue weighted by atomic mass is 10.2. The lowest BCUT2D eigenvalue weighted by Gasteiger charge is -2.13. The first-order valence-corrected chi connectivity index (χ1v) is 11.6. The van der Waals surface area contributed by atoms with Gasteiger partial charge in [0.1, 0.15) is 6.54 Å². The number of nitrogens with zero attached hydrogens (tertiary/aromatic N) is 5. The Hall–Kier alpha value is -5.23. The van der Waals surface area contributed by atoms with Crippen LogP contribution in [0.1, 0.15) is 16.7 Å². The van der Waals surface area contributed by atoms with Crippen LogP contribution in [0.5, 0.6) is 0 Å². The summed E-state index contributed by atoms with van der Waals surface area (Å²) < 4.78 is 4.05. The van der Waals surface area contributed by atoms with Crippen molar-refractivity contribution in [1.29, 1.82) is 5.26 Å². The molecule has 182 valence electrons. The van der Waals surface area contributed by atoms with Gasteiger partial charge in [0, 0.05) is 12.2 Å². The molecule has 0 aliphatic rings. The first-order chi connectivity index (χ1) is 18.0. The number of amides is 1. The Bertz CT molecular complexity index is 1730. The van der Waals surface area contributed by atoms with Crippen molar-refractivity contribution >= 4 is 22.8 Å². The van der Waals surface area contributed by atoms with Crippen molar-refractivity contribution < 1.29 is 4.79 Å². The molecule has 0 aliphatic carbocycles. The molecule has 2 heterocycles. The molecule has 0 aliphatic heterocycles. The van der Waals surface area contributed by atoms with Gasteiger partial charge in [-0.2, -0.15) is 5.26 Å². The van der Waals surface area contributed by atoms with Gasteiger partial charge >= 0.3 is 5.69 Å². The fourth-order valence-electron chi connectivity index (χ4n) is 4.16. The molecule has 9 nitrogen and oxygen atoms in total. The predicted octanol–water partition coefficient (Wildman–Crippen LogP) is 2.97. The predicted molar refractivity (Wildman–Crippen MR) is 139 cm³/mol. The molecule has 2 aromatic heterocycles. The van der Waals surface area contributed by atoms with Gasteiger partial charge in [0.25, 0.3) is 5.56 Å². The molecule has 1 N–H and O–H groups in total. The summed E-state index contributed by atoms with van der Waals surface area (Å²) in [7, 11) is 0. The number of hydrogen-bond donors (Lipinski definition) is 1. The standard InChI is InChI=1S/C28H22N6O3/c29-15-20-11-13-23(14-12-20)31-24(35)18-34-27(36)25-26(30-19-32(25)16-21-7-3-1-4-8-21)33(28(34)37)17-22-9-5-2-6-10-22/h1-14,19H,16-18H2,(H,31,35). The van der Waals surface area contributed by atoms with Crippen LogP contribution in [0.25, 0.3) is 11.2 Å². The van der Waals surface area contributed by atoms with Crippen LogP contribution in [0.3, 0.4) is 0 Å². The van der Waals surface area contributed by atoms with E-state index in [-0.39, 0.29) is 17.7 Å². The molecule has 0 saturated carbocycles. The maximum absolute atomic E-state index is 13.6. The van der Waals surface area contributed by atoms with E-state index in [1.807, 2.05) is 66.7 Å². The number of rotatable bonds is 7. The Morgan fingerprint density at radius 3 is 2.08 bits per heavy atom. The molecule has 0 atom stereocenters. The molecule has 9 heteroatoms. The second-order valence-corrected chi connectivity index (χ2v) is 8.51. The van der Waals surface area contributed by atoms with Crippen LogP contribution in [0.2, 0.25) is 0 Å². The third kappa shape index (κ3) is 4.94. The van der Waals surface area contributed by atoms with E-state index in [1.165, 1.54) is 4.57 Å². The largest absolute Gasteiger partial charge is 0.333 e. The summed E-state index contributed by atoms with van der Waals surface area (Å²) in [6, 6.07) is 27.3. The molecule has 0 radical (unpaired) electrons. The van der Waals surface area contributed by atoms with E-state index < -0.39 is 23.7 Å². The topological polar surface area (TPSA) is 115 Å². The summed E-state index contributed by atoms with van der Waals surface area (Å²) >= 11 is 0. The molecule has 3 aromatic carbocycles.